The van der Waals surface area contributed by atoms with E-state index in [1.807, 2.05) is 32.0 Å². The van der Waals surface area contributed by atoms with Crippen LogP contribution in [0.15, 0.2) is 29.0 Å². The monoisotopic (exact) mass is 219 g/mol. The number of aromatic nitrogens is 1. The Morgan fingerprint density at radius 2 is 2.25 bits per heavy atom. The topological polar surface area (TPSA) is 64.1 Å². The van der Waals surface area contributed by atoms with E-state index in [1.165, 1.54) is 6.39 Å². The minimum absolute atomic E-state index is 0.136. The Labute approximate surface area is 94.8 Å². The molecule has 0 amide bonds. The number of hydrogen-bond acceptors (Lipinski definition) is 4. The summed E-state index contributed by atoms with van der Waals surface area (Å²) >= 11 is 0. The van der Waals surface area contributed by atoms with Gasteiger partial charge in [-0.3, -0.25) is 0 Å². The number of hydrogen-bond donors (Lipinski definition) is 2. The molecule has 16 heavy (non-hydrogen) atoms. The highest BCUT2D eigenvalue weighted by Crippen LogP contribution is 2.18. The van der Waals surface area contributed by atoms with Crippen LogP contribution in [0.3, 0.4) is 0 Å². The summed E-state index contributed by atoms with van der Waals surface area (Å²) in [5.74, 6) is 0. The molecular formula is C12H17N3O. The lowest BCUT2D eigenvalue weighted by molar-refractivity contribution is 0.491. The fourth-order valence-corrected chi connectivity index (χ4v) is 1.49. The highest BCUT2D eigenvalue weighted by Gasteiger charge is 2.09. The molecule has 0 saturated heterocycles. The van der Waals surface area contributed by atoms with E-state index in [-0.39, 0.29) is 5.54 Å². The van der Waals surface area contributed by atoms with E-state index in [0.717, 1.165) is 29.8 Å². The van der Waals surface area contributed by atoms with E-state index in [1.54, 1.807) is 0 Å². The van der Waals surface area contributed by atoms with Crippen LogP contribution in [0, 0.1) is 0 Å². The number of fused-ring (bicyclic) bond motifs is 1. The van der Waals surface area contributed by atoms with Gasteiger partial charge in [0.15, 0.2) is 12.0 Å². The number of nitrogens with zero attached hydrogens (tertiary/aromatic N) is 1. The minimum Gasteiger partial charge on any atom is -0.443 e. The Morgan fingerprint density at radius 1 is 1.44 bits per heavy atom. The molecular weight excluding hydrogens is 202 g/mol. The summed E-state index contributed by atoms with van der Waals surface area (Å²) in [6, 6.07) is 5.88. The van der Waals surface area contributed by atoms with Gasteiger partial charge >= 0.3 is 0 Å². The molecule has 0 aliphatic carbocycles. The summed E-state index contributed by atoms with van der Waals surface area (Å²) in [5, 5.41) is 3.32. The van der Waals surface area contributed by atoms with Gasteiger partial charge in [0.1, 0.15) is 5.52 Å². The molecule has 0 spiro atoms. The van der Waals surface area contributed by atoms with E-state index >= 15 is 0 Å². The standard InChI is InChI=1S/C12H17N3O/c1-12(2,13)5-6-14-9-3-4-10-11(7-9)16-8-15-10/h3-4,7-8,14H,5-6,13H2,1-2H3. The maximum atomic E-state index is 5.91. The van der Waals surface area contributed by atoms with Gasteiger partial charge in [-0.05, 0) is 32.4 Å². The molecule has 1 heterocycles. The average Bonchev–Trinajstić information content (AvgIpc) is 2.62. The lowest BCUT2D eigenvalue weighted by atomic mass is 10.0. The minimum atomic E-state index is -0.136. The summed E-state index contributed by atoms with van der Waals surface area (Å²) in [6.07, 6.45) is 2.37. The van der Waals surface area contributed by atoms with Crippen molar-refractivity contribution >= 4 is 16.8 Å². The van der Waals surface area contributed by atoms with Gasteiger partial charge < -0.3 is 15.5 Å². The van der Waals surface area contributed by atoms with Crippen LogP contribution in [0.4, 0.5) is 5.69 Å². The molecule has 4 heteroatoms. The number of anilines is 1. The zero-order chi connectivity index (χ0) is 11.6. The van der Waals surface area contributed by atoms with Crippen molar-refractivity contribution in [2.24, 2.45) is 5.73 Å². The van der Waals surface area contributed by atoms with Crippen LogP contribution < -0.4 is 11.1 Å². The van der Waals surface area contributed by atoms with Crippen molar-refractivity contribution in [3.05, 3.63) is 24.6 Å². The predicted octanol–water partition coefficient (Wildman–Crippen LogP) is 2.37. The SMILES string of the molecule is CC(C)(N)CCNc1ccc2ncoc2c1. The Balaban J connectivity index is 1.99. The second-order valence-electron chi connectivity index (χ2n) is 4.70. The van der Waals surface area contributed by atoms with Gasteiger partial charge in [0, 0.05) is 23.8 Å². The van der Waals surface area contributed by atoms with Crippen LogP contribution in [-0.2, 0) is 0 Å². The number of rotatable bonds is 4. The molecule has 0 fully saturated rings. The van der Waals surface area contributed by atoms with Crippen molar-refractivity contribution in [1.29, 1.82) is 0 Å². The van der Waals surface area contributed by atoms with E-state index in [9.17, 15) is 0 Å². The molecule has 1 aromatic carbocycles. The Kier molecular flexibility index (Phi) is 2.83. The molecule has 0 saturated carbocycles. The number of benzene rings is 1. The first-order valence-electron chi connectivity index (χ1n) is 5.41. The first-order chi connectivity index (χ1) is 7.54. The van der Waals surface area contributed by atoms with Gasteiger partial charge in [-0.15, -0.1) is 0 Å². The third kappa shape index (κ3) is 2.73. The lowest BCUT2D eigenvalue weighted by Crippen LogP contribution is -2.34. The summed E-state index contributed by atoms with van der Waals surface area (Å²) in [4.78, 5) is 4.06. The van der Waals surface area contributed by atoms with Crippen LogP contribution in [0.2, 0.25) is 0 Å². The zero-order valence-electron chi connectivity index (χ0n) is 9.66. The fourth-order valence-electron chi connectivity index (χ4n) is 1.49. The zero-order valence-corrected chi connectivity index (χ0v) is 9.66. The highest BCUT2D eigenvalue weighted by molar-refractivity contribution is 5.76. The number of oxazole rings is 1. The number of nitrogens with two attached hydrogens (primary N) is 1. The van der Waals surface area contributed by atoms with Gasteiger partial charge in [-0.2, -0.15) is 0 Å². The predicted molar refractivity (Wildman–Crippen MR) is 65.4 cm³/mol. The molecule has 2 rings (SSSR count). The number of nitrogens with one attached hydrogen (secondary N) is 1. The summed E-state index contributed by atoms with van der Waals surface area (Å²) in [5.41, 5.74) is 8.49. The maximum absolute atomic E-state index is 5.91. The Morgan fingerprint density at radius 3 is 3.00 bits per heavy atom. The quantitative estimate of drug-likeness (QED) is 0.828. The first-order valence-corrected chi connectivity index (χ1v) is 5.41. The Bertz CT molecular complexity index is 470. The molecule has 0 radical (unpaired) electrons. The van der Waals surface area contributed by atoms with Crippen molar-refractivity contribution in [2.75, 3.05) is 11.9 Å². The summed E-state index contributed by atoms with van der Waals surface area (Å²) in [6.45, 7) is 4.89. The average molecular weight is 219 g/mol. The normalized spacial score (nSPS) is 11.9. The van der Waals surface area contributed by atoms with Crippen LogP contribution in [0.25, 0.3) is 11.1 Å². The third-order valence-corrected chi connectivity index (χ3v) is 2.43. The lowest BCUT2D eigenvalue weighted by Gasteiger charge is -2.18. The molecule has 0 aliphatic heterocycles. The van der Waals surface area contributed by atoms with E-state index < -0.39 is 0 Å². The molecule has 0 bridgehead atoms. The van der Waals surface area contributed by atoms with Crippen molar-refractivity contribution < 1.29 is 4.42 Å². The maximum Gasteiger partial charge on any atom is 0.181 e. The molecule has 0 unspecified atom stereocenters. The van der Waals surface area contributed by atoms with Gasteiger partial charge in [0.05, 0.1) is 0 Å². The molecule has 1 aromatic heterocycles. The molecule has 4 nitrogen and oxygen atoms in total. The van der Waals surface area contributed by atoms with Gasteiger partial charge in [-0.25, -0.2) is 4.98 Å². The largest absolute Gasteiger partial charge is 0.443 e. The van der Waals surface area contributed by atoms with Crippen LogP contribution in [-0.4, -0.2) is 17.1 Å². The second-order valence-corrected chi connectivity index (χ2v) is 4.70. The van der Waals surface area contributed by atoms with Crippen molar-refractivity contribution in [3.8, 4) is 0 Å². The molecule has 0 atom stereocenters. The molecule has 0 aliphatic rings. The molecule has 86 valence electrons. The third-order valence-electron chi connectivity index (χ3n) is 2.43. The van der Waals surface area contributed by atoms with Crippen molar-refractivity contribution in [1.82, 2.24) is 4.98 Å². The van der Waals surface area contributed by atoms with Crippen LogP contribution in [0.1, 0.15) is 20.3 Å². The molecule has 3 N–H and O–H groups in total. The highest BCUT2D eigenvalue weighted by atomic mass is 16.3. The van der Waals surface area contributed by atoms with Gasteiger partial charge in [0.25, 0.3) is 0 Å². The van der Waals surface area contributed by atoms with Crippen molar-refractivity contribution in [2.45, 2.75) is 25.8 Å². The first kappa shape index (κ1) is 11.0. The second kappa shape index (κ2) is 4.14. The van der Waals surface area contributed by atoms with Gasteiger partial charge in [0.2, 0.25) is 0 Å². The van der Waals surface area contributed by atoms with Crippen LogP contribution in [0.5, 0.6) is 0 Å². The van der Waals surface area contributed by atoms with E-state index in [2.05, 4.69) is 10.3 Å². The van der Waals surface area contributed by atoms with E-state index in [4.69, 9.17) is 10.2 Å². The van der Waals surface area contributed by atoms with Crippen LogP contribution >= 0.6 is 0 Å². The summed E-state index contributed by atoms with van der Waals surface area (Å²) < 4.78 is 5.23. The smallest absolute Gasteiger partial charge is 0.181 e. The fraction of sp³-hybridized carbons (Fsp3) is 0.417. The molecule has 2 aromatic rings. The Hall–Kier alpha value is -1.55. The van der Waals surface area contributed by atoms with Crippen molar-refractivity contribution in [3.63, 3.8) is 0 Å². The van der Waals surface area contributed by atoms with Gasteiger partial charge in [-0.1, -0.05) is 0 Å². The van der Waals surface area contributed by atoms with E-state index in [0.29, 0.717) is 0 Å². The summed E-state index contributed by atoms with van der Waals surface area (Å²) in [7, 11) is 0.